The van der Waals surface area contributed by atoms with Gasteiger partial charge in [0.2, 0.25) is 0 Å². The van der Waals surface area contributed by atoms with Crippen molar-refractivity contribution in [1.29, 1.82) is 0 Å². The molecule has 5 nitrogen and oxygen atoms in total. The van der Waals surface area contributed by atoms with Crippen LogP contribution in [0.4, 0.5) is 0 Å². The number of hydrogen-bond donors (Lipinski definition) is 3. The molecule has 1 atom stereocenters. The van der Waals surface area contributed by atoms with Crippen molar-refractivity contribution < 1.29 is 9.90 Å². The summed E-state index contributed by atoms with van der Waals surface area (Å²) in [6.45, 7) is 6.08. The number of imidazole rings is 1. The van der Waals surface area contributed by atoms with Gasteiger partial charge in [0.05, 0.1) is 6.33 Å². The summed E-state index contributed by atoms with van der Waals surface area (Å²) < 4.78 is 2.95. The number of nitrogens with zero attached hydrogens (tertiary/aromatic N) is 1. The van der Waals surface area contributed by atoms with E-state index in [9.17, 15) is 4.79 Å². The van der Waals surface area contributed by atoms with Crippen LogP contribution in [0.15, 0.2) is 12.5 Å². The first-order valence-corrected chi connectivity index (χ1v) is 5.84. The minimum atomic E-state index is -0.855. The molecule has 90 valence electrons. The van der Waals surface area contributed by atoms with E-state index in [2.05, 4.69) is 14.7 Å². The topological polar surface area (TPSA) is 78.0 Å². The Bertz CT molecular complexity index is 332. The predicted molar refractivity (Wildman–Crippen MR) is 64.2 cm³/mol. The molecule has 0 aliphatic carbocycles. The standard InChI is InChI=1S/C10H17N3O2S/c1-10(2,3)16-13-8(9(14)15)4-7-5-11-6-12-7/h5-6,8,13H,4H2,1-3H3,(H,11,12)(H,14,15)/t8-/m0/s1. The lowest BCUT2D eigenvalue weighted by Gasteiger charge is -2.21. The lowest BCUT2D eigenvalue weighted by atomic mass is 10.2. The van der Waals surface area contributed by atoms with Crippen molar-refractivity contribution in [2.45, 2.75) is 38.0 Å². The van der Waals surface area contributed by atoms with E-state index < -0.39 is 12.0 Å². The number of carboxylic acid groups (broad SMARTS) is 1. The Kier molecular flexibility index (Phi) is 4.37. The van der Waals surface area contributed by atoms with Gasteiger partial charge >= 0.3 is 5.97 Å². The van der Waals surface area contributed by atoms with E-state index in [1.54, 1.807) is 12.5 Å². The molecule has 1 rings (SSSR count). The van der Waals surface area contributed by atoms with Crippen LogP contribution in [0.2, 0.25) is 0 Å². The van der Waals surface area contributed by atoms with E-state index in [0.717, 1.165) is 5.69 Å². The number of aliphatic carboxylic acids is 1. The van der Waals surface area contributed by atoms with E-state index >= 15 is 0 Å². The Morgan fingerprint density at radius 3 is 2.81 bits per heavy atom. The molecule has 0 radical (unpaired) electrons. The van der Waals surface area contributed by atoms with Crippen molar-refractivity contribution >= 4 is 17.9 Å². The van der Waals surface area contributed by atoms with E-state index in [1.165, 1.54) is 11.9 Å². The van der Waals surface area contributed by atoms with Crippen LogP contribution in [0, 0.1) is 0 Å². The van der Waals surface area contributed by atoms with Gasteiger partial charge in [-0.1, -0.05) is 11.9 Å². The first-order valence-electron chi connectivity index (χ1n) is 5.02. The summed E-state index contributed by atoms with van der Waals surface area (Å²) in [5, 5.41) is 9.06. The highest BCUT2D eigenvalue weighted by Gasteiger charge is 2.21. The molecule has 16 heavy (non-hydrogen) atoms. The lowest BCUT2D eigenvalue weighted by Crippen LogP contribution is -2.36. The Morgan fingerprint density at radius 1 is 1.69 bits per heavy atom. The van der Waals surface area contributed by atoms with Crippen LogP contribution in [0.25, 0.3) is 0 Å². The van der Waals surface area contributed by atoms with Crippen LogP contribution < -0.4 is 4.72 Å². The molecule has 0 amide bonds. The maximum Gasteiger partial charge on any atom is 0.321 e. The number of nitrogens with one attached hydrogen (secondary N) is 2. The first-order chi connectivity index (χ1) is 7.38. The van der Waals surface area contributed by atoms with Gasteiger partial charge in [-0.2, -0.15) is 0 Å². The molecular weight excluding hydrogens is 226 g/mol. The maximum absolute atomic E-state index is 11.0. The Hall–Kier alpha value is -1.01. The van der Waals surface area contributed by atoms with Gasteiger partial charge in [0.15, 0.2) is 0 Å². The van der Waals surface area contributed by atoms with Crippen molar-refractivity contribution in [2.75, 3.05) is 0 Å². The normalized spacial score (nSPS) is 13.7. The highest BCUT2D eigenvalue weighted by atomic mass is 32.2. The van der Waals surface area contributed by atoms with Gasteiger partial charge in [0, 0.05) is 23.1 Å². The molecule has 1 aromatic heterocycles. The first kappa shape index (κ1) is 13.1. The highest BCUT2D eigenvalue weighted by molar-refractivity contribution is 7.98. The molecule has 1 aromatic rings. The van der Waals surface area contributed by atoms with E-state index in [-0.39, 0.29) is 4.75 Å². The largest absolute Gasteiger partial charge is 0.480 e. The zero-order valence-corrected chi connectivity index (χ0v) is 10.5. The molecule has 0 saturated heterocycles. The van der Waals surface area contributed by atoms with Gasteiger partial charge in [-0.3, -0.25) is 4.79 Å². The van der Waals surface area contributed by atoms with Crippen molar-refractivity contribution in [3.8, 4) is 0 Å². The molecule has 0 fully saturated rings. The number of carboxylic acids is 1. The quantitative estimate of drug-likeness (QED) is 0.682. The van der Waals surface area contributed by atoms with Crippen molar-refractivity contribution in [1.82, 2.24) is 14.7 Å². The molecule has 0 bridgehead atoms. The van der Waals surface area contributed by atoms with Gasteiger partial charge in [-0.05, 0) is 20.8 Å². The van der Waals surface area contributed by atoms with Crippen LogP contribution in [0.5, 0.6) is 0 Å². The minimum absolute atomic E-state index is 0.0122. The number of carbonyl (C=O) groups is 1. The third-order valence-electron chi connectivity index (χ3n) is 1.78. The third-order valence-corrected chi connectivity index (χ3v) is 2.80. The summed E-state index contributed by atoms with van der Waals surface area (Å²) in [5.41, 5.74) is 0.814. The molecular formula is C10H17N3O2S. The molecule has 0 aromatic carbocycles. The fourth-order valence-corrected chi connectivity index (χ4v) is 1.72. The van der Waals surface area contributed by atoms with E-state index in [1.807, 2.05) is 20.8 Å². The number of H-pyrrole nitrogens is 1. The van der Waals surface area contributed by atoms with Crippen molar-refractivity contribution in [3.05, 3.63) is 18.2 Å². The average molecular weight is 243 g/mol. The Labute approximate surface area is 99.2 Å². The lowest BCUT2D eigenvalue weighted by molar-refractivity contribution is -0.138. The smallest absolute Gasteiger partial charge is 0.321 e. The summed E-state index contributed by atoms with van der Waals surface area (Å²) in [5.74, 6) is -0.855. The number of rotatable bonds is 5. The summed E-state index contributed by atoms with van der Waals surface area (Å²) in [6, 6.07) is -0.607. The molecule has 1 heterocycles. The third kappa shape index (κ3) is 4.67. The molecule has 0 saturated carbocycles. The number of aromatic amines is 1. The highest BCUT2D eigenvalue weighted by Crippen LogP contribution is 2.20. The summed E-state index contributed by atoms with van der Waals surface area (Å²) in [7, 11) is 0. The van der Waals surface area contributed by atoms with Crippen LogP contribution in [-0.2, 0) is 11.2 Å². The Morgan fingerprint density at radius 2 is 2.38 bits per heavy atom. The van der Waals surface area contributed by atoms with Crippen molar-refractivity contribution in [2.24, 2.45) is 0 Å². The SMILES string of the molecule is CC(C)(C)SN[C@@H](Cc1cnc[nH]1)C(=O)O. The maximum atomic E-state index is 11.0. The van der Waals surface area contributed by atoms with Crippen LogP contribution in [0.3, 0.4) is 0 Å². The summed E-state index contributed by atoms with van der Waals surface area (Å²) in [6.07, 6.45) is 3.59. The predicted octanol–water partition coefficient (Wildman–Crippen LogP) is 1.44. The zero-order chi connectivity index (χ0) is 12.2. The van der Waals surface area contributed by atoms with Crippen molar-refractivity contribution in [3.63, 3.8) is 0 Å². The second-order valence-electron chi connectivity index (χ2n) is 4.50. The number of hydrogen-bond acceptors (Lipinski definition) is 4. The monoisotopic (exact) mass is 243 g/mol. The van der Waals surface area contributed by atoms with Gasteiger partial charge in [0.1, 0.15) is 6.04 Å². The molecule has 0 unspecified atom stereocenters. The molecule has 6 heteroatoms. The summed E-state index contributed by atoms with van der Waals surface area (Å²) in [4.78, 5) is 17.8. The molecule has 0 aliphatic heterocycles. The fourth-order valence-electron chi connectivity index (χ4n) is 1.04. The Balaban J connectivity index is 2.52. The van der Waals surface area contributed by atoms with E-state index in [0.29, 0.717) is 6.42 Å². The second-order valence-corrected chi connectivity index (χ2v) is 6.17. The summed E-state index contributed by atoms with van der Waals surface area (Å²) >= 11 is 1.43. The van der Waals surface area contributed by atoms with E-state index in [4.69, 9.17) is 5.11 Å². The second kappa shape index (κ2) is 5.36. The van der Waals surface area contributed by atoms with Gasteiger partial charge in [0.25, 0.3) is 0 Å². The van der Waals surface area contributed by atoms with Gasteiger partial charge in [-0.25, -0.2) is 9.71 Å². The molecule has 0 spiro atoms. The van der Waals surface area contributed by atoms with Gasteiger partial charge < -0.3 is 10.1 Å². The minimum Gasteiger partial charge on any atom is -0.480 e. The fraction of sp³-hybridized carbons (Fsp3) is 0.600. The molecule has 0 aliphatic rings. The van der Waals surface area contributed by atoms with Gasteiger partial charge in [-0.15, -0.1) is 0 Å². The van der Waals surface area contributed by atoms with Crippen LogP contribution >= 0.6 is 11.9 Å². The number of aromatic nitrogens is 2. The zero-order valence-electron chi connectivity index (χ0n) is 9.65. The van der Waals surface area contributed by atoms with Crippen LogP contribution in [0.1, 0.15) is 26.5 Å². The average Bonchev–Trinajstić information content (AvgIpc) is 2.62. The molecule has 3 N–H and O–H groups in total. The van der Waals surface area contributed by atoms with Crippen LogP contribution in [-0.4, -0.2) is 31.8 Å².